The quantitative estimate of drug-likeness (QED) is 0.588. The predicted octanol–water partition coefficient (Wildman–Crippen LogP) is 3.14. The molecule has 1 aromatic carbocycles. The molecule has 0 aromatic heterocycles. The van der Waals surface area contributed by atoms with E-state index in [-0.39, 0.29) is 5.71 Å². The summed E-state index contributed by atoms with van der Waals surface area (Å²) in [6, 6.07) is 3.71. The molecule has 22 heavy (non-hydrogen) atoms. The predicted molar refractivity (Wildman–Crippen MR) is 91.7 cm³/mol. The number of rotatable bonds is 4. The van der Waals surface area contributed by atoms with Crippen LogP contribution in [-0.2, 0) is 4.74 Å². The number of anilines is 1. The van der Waals surface area contributed by atoms with Crippen molar-refractivity contribution in [1.29, 1.82) is 5.41 Å². The van der Waals surface area contributed by atoms with Gasteiger partial charge in [-0.2, -0.15) is 0 Å². The van der Waals surface area contributed by atoms with Crippen molar-refractivity contribution in [2.45, 2.75) is 27.2 Å². The summed E-state index contributed by atoms with van der Waals surface area (Å²) in [5.41, 5.74) is 16.8. The van der Waals surface area contributed by atoms with Crippen LogP contribution in [0, 0.1) is 19.3 Å². The summed E-state index contributed by atoms with van der Waals surface area (Å²) in [5.74, 6) is 0.500. The van der Waals surface area contributed by atoms with E-state index in [2.05, 4.69) is 4.99 Å². The minimum absolute atomic E-state index is 0.273. The summed E-state index contributed by atoms with van der Waals surface area (Å²) in [6.45, 7) is 6.53. The Bertz CT molecular complexity index is 699. The lowest BCUT2D eigenvalue weighted by Crippen LogP contribution is -2.19. The zero-order valence-corrected chi connectivity index (χ0v) is 13.2. The van der Waals surface area contributed by atoms with Crippen LogP contribution in [0.5, 0.6) is 0 Å². The van der Waals surface area contributed by atoms with E-state index >= 15 is 0 Å². The van der Waals surface area contributed by atoms with Crippen molar-refractivity contribution in [3.8, 4) is 0 Å². The fourth-order valence-corrected chi connectivity index (χ4v) is 2.09. The number of hydrogen-bond donors (Lipinski definition) is 3. The van der Waals surface area contributed by atoms with Gasteiger partial charge in [-0.1, -0.05) is 6.92 Å². The molecule has 0 aliphatic heterocycles. The SMILES string of the molecule is CCCOC1=C/C(=N\c2ccc(N)c(C)c2C)C(N)=CC1=N. The Morgan fingerprint density at radius 2 is 1.86 bits per heavy atom. The standard InChI is InChI=1S/C17H22N4O/c1-4-7-22-17-9-16(13(19)8-14(17)20)21-15-6-5-12(18)10(2)11(15)3/h5-6,8-9,20H,4,7,18-19H2,1-3H3/b20-14?,21-16+. The Labute approximate surface area is 130 Å². The summed E-state index contributed by atoms with van der Waals surface area (Å²) in [7, 11) is 0. The fraction of sp³-hybridized carbons (Fsp3) is 0.294. The van der Waals surface area contributed by atoms with Crippen LogP contribution in [0.2, 0.25) is 0 Å². The Morgan fingerprint density at radius 1 is 1.14 bits per heavy atom. The van der Waals surface area contributed by atoms with Crippen molar-refractivity contribution in [3.05, 3.63) is 46.9 Å². The monoisotopic (exact) mass is 298 g/mol. The Balaban J connectivity index is 2.41. The molecule has 0 fully saturated rings. The molecular formula is C17H22N4O. The van der Waals surface area contributed by atoms with Gasteiger partial charge < -0.3 is 16.2 Å². The molecule has 116 valence electrons. The highest BCUT2D eigenvalue weighted by atomic mass is 16.5. The Kier molecular flexibility index (Phi) is 4.65. The Morgan fingerprint density at radius 3 is 2.55 bits per heavy atom. The van der Waals surface area contributed by atoms with E-state index < -0.39 is 0 Å². The molecule has 5 N–H and O–H groups in total. The van der Waals surface area contributed by atoms with Gasteiger partial charge in [0.25, 0.3) is 0 Å². The van der Waals surface area contributed by atoms with Crippen molar-refractivity contribution >= 4 is 22.8 Å². The molecule has 1 aliphatic carbocycles. The molecule has 2 rings (SSSR count). The second kappa shape index (κ2) is 6.47. The second-order valence-corrected chi connectivity index (χ2v) is 5.29. The van der Waals surface area contributed by atoms with Crippen LogP contribution in [-0.4, -0.2) is 18.0 Å². The molecule has 0 amide bonds. The molecular weight excluding hydrogens is 276 g/mol. The van der Waals surface area contributed by atoms with Crippen molar-refractivity contribution < 1.29 is 4.74 Å². The lowest BCUT2D eigenvalue weighted by molar-refractivity contribution is 0.231. The first-order valence-electron chi connectivity index (χ1n) is 7.29. The number of nitrogens with zero attached hydrogens (tertiary/aromatic N) is 1. The molecule has 0 unspecified atom stereocenters. The highest BCUT2D eigenvalue weighted by Crippen LogP contribution is 2.27. The number of allylic oxidation sites excluding steroid dienone is 2. The summed E-state index contributed by atoms with van der Waals surface area (Å²) in [4.78, 5) is 4.61. The van der Waals surface area contributed by atoms with Crippen LogP contribution in [0.1, 0.15) is 24.5 Å². The minimum atomic E-state index is 0.273. The first kappa shape index (κ1) is 15.8. The molecule has 5 heteroatoms. The van der Waals surface area contributed by atoms with Gasteiger partial charge in [0.15, 0.2) is 0 Å². The van der Waals surface area contributed by atoms with Crippen LogP contribution in [0.3, 0.4) is 0 Å². The van der Waals surface area contributed by atoms with Crippen LogP contribution in [0.15, 0.2) is 40.7 Å². The van der Waals surface area contributed by atoms with Crippen LogP contribution < -0.4 is 11.5 Å². The van der Waals surface area contributed by atoms with Gasteiger partial charge >= 0.3 is 0 Å². The van der Waals surface area contributed by atoms with Crippen molar-refractivity contribution in [3.63, 3.8) is 0 Å². The number of ether oxygens (including phenoxy) is 1. The third-order valence-corrected chi connectivity index (χ3v) is 3.63. The number of nitrogen functional groups attached to an aromatic ring is 1. The van der Waals surface area contributed by atoms with Gasteiger partial charge in [0.1, 0.15) is 5.76 Å². The maximum Gasteiger partial charge on any atom is 0.146 e. The van der Waals surface area contributed by atoms with Crippen molar-refractivity contribution in [2.75, 3.05) is 12.3 Å². The molecule has 0 saturated heterocycles. The summed E-state index contributed by atoms with van der Waals surface area (Å²) in [6.07, 6.45) is 4.17. The largest absolute Gasteiger partial charge is 0.491 e. The molecule has 1 aliphatic rings. The molecule has 5 nitrogen and oxygen atoms in total. The first-order valence-corrected chi connectivity index (χ1v) is 7.29. The molecule has 0 heterocycles. The van der Waals surface area contributed by atoms with Gasteiger partial charge in [0.05, 0.1) is 29.4 Å². The van der Waals surface area contributed by atoms with Gasteiger partial charge in [0.2, 0.25) is 0 Å². The van der Waals surface area contributed by atoms with Crippen LogP contribution >= 0.6 is 0 Å². The van der Waals surface area contributed by atoms with E-state index in [1.807, 2.05) is 32.9 Å². The lowest BCUT2D eigenvalue weighted by atomic mass is 10.0. The molecule has 0 spiro atoms. The van der Waals surface area contributed by atoms with Gasteiger partial charge in [0, 0.05) is 11.8 Å². The first-order chi connectivity index (χ1) is 10.4. The van der Waals surface area contributed by atoms with Crippen LogP contribution in [0.25, 0.3) is 0 Å². The third-order valence-electron chi connectivity index (χ3n) is 3.63. The number of nitrogens with two attached hydrogens (primary N) is 2. The van der Waals surface area contributed by atoms with E-state index in [4.69, 9.17) is 21.6 Å². The number of aliphatic imine (C=N–C) groups is 1. The van der Waals surface area contributed by atoms with E-state index in [0.717, 1.165) is 28.9 Å². The topological polar surface area (TPSA) is 97.5 Å². The van der Waals surface area contributed by atoms with Crippen molar-refractivity contribution in [1.82, 2.24) is 0 Å². The highest BCUT2D eigenvalue weighted by Gasteiger charge is 2.16. The number of benzene rings is 1. The maximum absolute atomic E-state index is 7.91. The normalized spacial score (nSPS) is 16.5. The Hall–Kier alpha value is -2.56. The maximum atomic E-state index is 7.91. The number of nitrogens with one attached hydrogen (secondary N) is 1. The van der Waals surface area contributed by atoms with Crippen LogP contribution in [0.4, 0.5) is 11.4 Å². The van der Waals surface area contributed by atoms with E-state index in [1.165, 1.54) is 0 Å². The fourth-order valence-electron chi connectivity index (χ4n) is 2.09. The molecule has 0 atom stereocenters. The highest BCUT2D eigenvalue weighted by molar-refractivity contribution is 6.22. The van der Waals surface area contributed by atoms with Gasteiger partial charge in [-0.15, -0.1) is 0 Å². The van der Waals surface area contributed by atoms with Gasteiger partial charge in [-0.3, -0.25) is 5.41 Å². The van der Waals surface area contributed by atoms with Crippen molar-refractivity contribution in [2.24, 2.45) is 10.7 Å². The minimum Gasteiger partial charge on any atom is -0.491 e. The average Bonchev–Trinajstić information content (AvgIpc) is 2.49. The average molecular weight is 298 g/mol. The summed E-state index contributed by atoms with van der Waals surface area (Å²) in [5, 5.41) is 7.91. The molecule has 1 aromatic rings. The third kappa shape index (κ3) is 3.19. The molecule has 0 radical (unpaired) electrons. The lowest BCUT2D eigenvalue weighted by Gasteiger charge is -2.16. The van der Waals surface area contributed by atoms with E-state index in [0.29, 0.717) is 23.8 Å². The molecule has 0 saturated carbocycles. The zero-order valence-electron chi connectivity index (χ0n) is 13.2. The zero-order chi connectivity index (χ0) is 16.3. The second-order valence-electron chi connectivity index (χ2n) is 5.29. The molecule has 0 bridgehead atoms. The number of hydrogen-bond acceptors (Lipinski definition) is 5. The summed E-state index contributed by atoms with van der Waals surface area (Å²) >= 11 is 0. The van der Waals surface area contributed by atoms with E-state index in [9.17, 15) is 0 Å². The van der Waals surface area contributed by atoms with E-state index in [1.54, 1.807) is 12.2 Å². The smallest absolute Gasteiger partial charge is 0.146 e. The van der Waals surface area contributed by atoms with Gasteiger partial charge in [-0.25, -0.2) is 4.99 Å². The summed E-state index contributed by atoms with van der Waals surface area (Å²) < 4.78 is 5.57. The van der Waals surface area contributed by atoms with Gasteiger partial charge in [-0.05, 0) is 49.6 Å².